The number of rotatable bonds is 7. The van der Waals surface area contributed by atoms with Gasteiger partial charge in [-0.05, 0) is 44.6 Å². The number of hydrogen-bond donors (Lipinski definition) is 1. The van der Waals surface area contributed by atoms with Crippen molar-refractivity contribution in [3.05, 3.63) is 77.0 Å². The fraction of sp³-hybridized carbons (Fsp3) is 0.370. The number of hydrogen-bond acceptors (Lipinski definition) is 3. The summed E-state index contributed by atoms with van der Waals surface area (Å²) in [5, 5.41) is 4.83. The summed E-state index contributed by atoms with van der Waals surface area (Å²) in [6, 6.07) is 16.5. The molecule has 1 saturated heterocycles. The summed E-state index contributed by atoms with van der Waals surface area (Å²) in [6.45, 7) is 6.10. The van der Waals surface area contributed by atoms with Crippen LogP contribution in [0.4, 0.5) is 0 Å². The molecule has 1 aliphatic rings. The Kier molecular flexibility index (Phi) is 6.92. The SMILES string of the molecule is Cc1ccc(Cn2cc(C(=O)N3CCCC(CCC(N)=O)C3)c(-c3ccc(C)cc3)n2)cc1. The van der Waals surface area contributed by atoms with Crippen LogP contribution in [0, 0.1) is 19.8 Å². The van der Waals surface area contributed by atoms with E-state index >= 15 is 0 Å². The second-order valence-corrected chi connectivity index (χ2v) is 9.20. The monoisotopic (exact) mass is 444 g/mol. The Morgan fingerprint density at radius 3 is 2.36 bits per heavy atom. The highest BCUT2D eigenvalue weighted by Crippen LogP contribution is 2.27. The van der Waals surface area contributed by atoms with Crippen molar-refractivity contribution >= 4 is 11.8 Å². The normalized spacial score (nSPS) is 16.1. The number of carbonyl (C=O) groups is 2. The highest BCUT2D eigenvalue weighted by molar-refractivity contribution is 5.99. The first-order chi connectivity index (χ1) is 15.9. The van der Waals surface area contributed by atoms with Crippen molar-refractivity contribution in [3.8, 4) is 11.3 Å². The highest BCUT2D eigenvalue weighted by Gasteiger charge is 2.28. The van der Waals surface area contributed by atoms with E-state index in [-0.39, 0.29) is 11.8 Å². The minimum Gasteiger partial charge on any atom is -0.370 e. The maximum Gasteiger partial charge on any atom is 0.257 e. The molecule has 0 aliphatic carbocycles. The number of nitrogens with two attached hydrogens (primary N) is 1. The number of nitrogens with zero attached hydrogens (tertiary/aromatic N) is 3. The molecule has 6 heteroatoms. The van der Waals surface area contributed by atoms with Gasteiger partial charge in [0.1, 0.15) is 5.69 Å². The Bertz CT molecular complexity index is 1120. The number of piperidine rings is 1. The van der Waals surface area contributed by atoms with Crippen LogP contribution in [-0.2, 0) is 11.3 Å². The lowest BCUT2D eigenvalue weighted by Gasteiger charge is -2.32. The van der Waals surface area contributed by atoms with E-state index in [1.54, 1.807) is 0 Å². The Hall–Kier alpha value is -3.41. The van der Waals surface area contributed by atoms with Crippen LogP contribution in [0.15, 0.2) is 54.7 Å². The van der Waals surface area contributed by atoms with Crippen molar-refractivity contribution < 1.29 is 9.59 Å². The van der Waals surface area contributed by atoms with Gasteiger partial charge in [-0.3, -0.25) is 14.3 Å². The second kappa shape index (κ2) is 10.0. The Morgan fingerprint density at radius 1 is 1.03 bits per heavy atom. The molecule has 2 heterocycles. The van der Waals surface area contributed by atoms with Crippen LogP contribution in [0.25, 0.3) is 11.3 Å². The van der Waals surface area contributed by atoms with Crippen molar-refractivity contribution in [2.75, 3.05) is 13.1 Å². The lowest BCUT2D eigenvalue weighted by atomic mass is 9.92. The third kappa shape index (κ3) is 5.69. The van der Waals surface area contributed by atoms with E-state index in [4.69, 9.17) is 10.8 Å². The quantitative estimate of drug-likeness (QED) is 0.589. The van der Waals surface area contributed by atoms with Crippen LogP contribution in [0.1, 0.15) is 52.7 Å². The molecule has 0 bridgehead atoms. The summed E-state index contributed by atoms with van der Waals surface area (Å²) in [7, 11) is 0. The molecule has 0 spiro atoms. The first-order valence-electron chi connectivity index (χ1n) is 11.7. The van der Waals surface area contributed by atoms with Crippen LogP contribution in [0.3, 0.4) is 0 Å². The first-order valence-corrected chi connectivity index (χ1v) is 11.7. The molecule has 172 valence electrons. The van der Waals surface area contributed by atoms with E-state index < -0.39 is 0 Å². The first kappa shape index (κ1) is 22.8. The Balaban J connectivity index is 1.61. The van der Waals surface area contributed by atoms with E-state index in [0.717, 1.165) is 36.9 Å². The molecule has 0 radical (unpaired) electrons. The third-order valence-corrected chi connectivity index (χ3v) is 6.39. The van der Waals surface area contributed by atoms with Crippen LogP contribution < -0.4 is 5.73 Å². The predicted molar refractivity (Wildman–Crippen MR) is 130 cm³/mol. The molecule has 1 unspecified atom stereocenters. The van der Waals surface area contributed by atoms with Gasteiger partial charge in [-0.2, -0.15) is 5.10 Å². The van der Waals surface area contributed by atoms with E-state index in [1.165, 1.54) is 11.1 Å². The van der Waals surface area contributed by atoms with Crippen molar-refractivity contribution in [2.45, 2.75) is 46.1 Å². The molecule has 2 amide bonds. The smallest absolute Gasteiger partial charge is 0.257 e. The molecule has 6 nitrogen and oxygen atoms in total. The molecule has 2 N–H and O–H groups in total. The van der Waals surface area contributed by atoms with Crippen molar-refractivity contribution in [3.63, 3.8) is 0 Å². The minimum atomic E-state index is -0.280. The lowest BCUT2D eigenvalue weighted by molar-refractivity contribution is -0.118. The summed E-state index contributed by atoms with van der Waals surface area (Å²) in [6.07, 6.45) is 4.94. The standard InChI is InChI=1S/C27H32N4O2/c1-19-5-9-22(10-6-19)17-31-18-24(26(29-31)23-12-7-20(2)8-13-23)27(33)30-15-3-4-21(16-30)11-14-25(28)32/h5-10,12-13,18,21H,3-4,11,14-17H2,1-2H3,(H2,28,32). The van der Waals surface area contributed by atoms with Gasteiger partial charge in [-0.25, -0.2) is 0 Å². The number of aryl methyl sites for hydroxylation is 2. The lowest BCUT2D eigenvalue weighted by Crippen LogP contribution is -2.40. The molecule has 3 aromatic rings. The van der Waals surface area contributed by atoms with E-state index in [0.29, 0.717) is 36.7 Å². The van der Waals surface area contributed by atoms with Gasteiger partial charge in [0, 0.05) is 31.3 Å². The van der Waals surface area contributed by atoms with E-state index in [1.807, 2.05) is 47.0 Å². The number of likely N-dealkylation sites (tertiary alicyclic amines) is 1. The van der Waals surface area contributed by atoms with Gasteiger partial charge in [0.2, 0.25) is 5.91 Å². The average molecular weight is 445 g/mol. The Morgan fingerprint density at radius 2 is 1.70 bits per heavy atom. The number of amides is 2. The van der Waals surface area contributed by atoms with E-state index in [9.17, 15) is 9.59 Å². The molecule has 33 heavy (non-hydrogen) atoms. The number of primary amides is 1. The van der Waals surface area contributed by atoms with Gasteiger partial charge in [0.05, 0.1) is 12.1 Å². The minimum absolute atomic E-state index is 0.00417. The molecule has 1 fully saturated rings. The topological polar surface area (TPSA) is 81.2 Å². The molecule has 1 atom stereocenters. The predicted octanol–water partition coefficient (Wildman–Crippen LogP) is 4.33. The van der Waals surface area contributed by atoms with Crippen molar-refractivity contribution in [2.24, 2.45) is 11.7 Å². The van der Waals surface area contributed by atoms with Gasteiger partial charge in [-0.1, -0.05) is 59.7 Å². The zero-order valence-electron chi connectivity index (χ0n) is 19.5. The summed E-state index contributed by atoms with van der Waals surface area (Å²) in [4.78, 5) is 26.8. The third-order valence-electron chi connectivity index (χ3n) is 6.39. The number of carbonyl (C=O) groups excluding carboxylic acids is 2. The largest absolute Gasteiger partial charge is 0.370 e. The summed E-state index contributed by atoms with van der Waals surface area (Å²) in [5.41, 5.74) is 11.1. The maximum atomic E-state index is 13.6. The molecule has 1 aromatic heterocycles. The zero-order chi connectivity index (χ0) is 23.4. The molecule has 4 rings (SSSR count). The van der Waals surface area contributed by atoms with Crippen LogP contribution in [0.2, 0.25) is 0 Å². The summed E-state index contributed by atoms with van der Waals surface area (Å²) >= 11 is 0. The number of benzene rings is 2. The second-order valence-electron chi connectivity index (χ2n) is 9.20. The molecular weight excluding hydrogens is 412 g/mol. The van der Waals surface area contributed by atoms with E-state index in [2.05, 4.69) is 31.2 Å². The average Bonchev–Trinajstić information content (AvgIpc) is 3.23. The van der Waals surface area contributed by atoms with Gasteiger partial charge < -0.3 is 10.6 Å². The van der Waals surface area contributed by atoms with Gasteiger partial charge in [-0.15, -0.1) is 0 Å². The summed E-state index contributed by atoms with van der Waals surface area (Å²) in [5.74, 6) is 0.0302. The van der Waals surface area contributed by atoms with Gasteiger partial charge in [0.25, 0.3) is 5.91 Å². The maximum absolute atomic E-state index is 13.6. The van der Waals surface area contributed by atoms with Crippen LogP contribution >= 0.6 is 0 Å². The Labute approximate surface area is 195 Å². The fourth-order valence-corrected chi connectivity index (χ4v) is 4.47. The molecule has 2 aromatic carbocycles. The van der Waals surface area contributed by atoms with Crippen LogP contribution in [0.5, 0.6) is 0 Å². The van der Waals surface area contributed by atoms with Gasteiger partial charge in [0.15, 0.2) is 0 Å². The van der Waals surface area contributed by atoms with Crippen LogP contribution in [-0.4, -0.2) is 39.6 Å². The molecular formula is C27H32N4O2. The van der Waals surface area contributed by atoms with Gasteiger partial charge >= 0.3 is 0 Å². The van der Waals surface area contributed by atoms with Crippen molar-refractivity contribution in [1.82, 2.24) is 14.7 Å². The van der Waals surface area contributed by atoms with Crippen molar-refractivity contribution in [1.29, 1.82) is 0 Å². The molecule has 1 aliphatic heterocycles. The highest BCUT2D eigenvalue weighted by atomic mass is 16.2. The fourth-order valence-electron chi connectivity index (χ4n) is 4.47. The number of aromatic nitrogens is 2. The summed E-state index contributed by atoms with van der Waals surface area (Å²) < 4.78 is 1.86. The zero-order valence-corrected chi connectivity index (χ0v) is 19.5. The molecule has 0 saturated carbocycles.